The van der Waals surface area contributed by atoms with E-state index in [0.717, 1.165) is 18.6 Å². The Hall–Kier alpha value is -1.46. The number of ether oxygens (including phenoxy) is 4. The maximum Gasteiger partial charge on any atom is 0.126 e. The molecule has 5 nitrogen and oxygen atoms in total. The van der Waals surface area contributed by atoms with Gasteiger partial charge in [0.15, 0.2) is 0 Å². The summed E-state index contributed by atoms with van der Waals surface area (Å²) in [5.41, 5.74) is 5.58. The molecule has 1 fully saturated rings. The van der Waals surface area contributed by atoms with Crippen molar-refractivity contribution < 1.29 is 18.9 Å². The molecule has 0 spiro atoms. The van der Waals surface area contributed by atoms with Gasteiger partial charge in [0, 0.05) is 24.7 Å². The minimum absolute atomic E-state index is 0.116. The Morgan fingerprint density at radius 3 is 2.16 bits per heavy atom. The number of hydrogen-bond acceptors (Lipinski definition) is 5. The summed E-state index contributed by atoms with van der Waals surface area (Å²) in [6, 6.07) is 5.47. The second-order valence-corrected chi connectivity index (χ2v) is 4.55. The normalized spacial score (nSPS) is 22.3. The molecule has 106 valence electrons. The monoisotopic (exact) mass is 267 g/mol. The molecule has 0 bridgehead atoms. The Morgan fingerprint density at radius 2 is 1.63 bits per heavy atom. The molecule has 2 unspecified atom stereocenters. The third kappa shape index (κ3) is 3.75. The summed E-state index contributed by atoms with van der Waals surface area (Å²) in [6.07, 6.45) is 2.29. The molecular weight excluding hydrogens is 246 g/mol. The second-order valence-electron chi connectivity index (χ2n) is 4.55. The lowest BCUT2D eigenvalue weighted by Gasteiger charge is -2.14. The van der Waals surface area contributed by atoms with E-state index in [0.29, 0.717) is 24.7 Å². The van der Waals surface area contributed by atoms with Gasteiger partial charge in [0.05, 0.1) is 26.4 Å². The lowest BCUT2D eigenvalue weighted by molar-refractivity contribution is 0.0221. The van der Waals surface area contributed by atoms with E-state index >= 15 is 0 Å². The molecule has 2 rings (SSSR count). The van der Waals surface area contributed by atoms with E-state index in [-0.39, 0.29) is 12.2 Å². The maximum atomic E-state index is 5.74. The molecule has 0 amide bonds. The van der Waals surface area contributed by atoms with Crippen LogP contribution in [0.4, 0.5) is 0 Å². The van der Waals surface area contributed by atoms with Crippen molar-refractivity contribution >= 4 is 0 Å². The Morgan fingerprint density at radius 1 is 1.05 bits per heavy atom. The van der Waals surface area contributed by atoms with Crippen LogP contribution < -0.4 is 19.9 Å². The van der Waals surface area contributed by atoms with Gasteiger partial charge in [-0.1, -0.05) is 0 Å². The van der Waals surface area contributed by atoms with E-state index in [2.05, 4.69) is 0 Å². The summed E-state index contributed by atoms with van der Waals surface area (Å²) >= 11 is 0. The van der Waals surface area contributed by atoms with Crippen LogP contribution in [-0.4, -0.2) is 39.6 Å². The minimum Gasteiger partial charge on any atom is -0.496 e. The number of methoxy groups -OCH3 is 2. The van der Waals surface area contributed by atoms with Crippen molar-refractivity contribution in [3.05, 3.63) is 18.2 Å². The van der Waals surface area contributed by atoms with Gasteiger partial charge in [-0.2, -0.15) is 0 Å². The van der Waals surface area contributed by atoms with E-state index in [1.807, 2.05) is 18.2 Å². The van der Waals surface area contributed by atoms with Crippen LogP contribution in [0.15, 0.2) is 18.2 Å². The number of rotatable bonds is 6. The molecule has 1 aliphatic rings. The fourth-order valence-electron chi connectivity index (χ4n) is 2.13. The smallest absolute Gasteiger partial charge is 0.126 e. The van der Waals surface area contributed by atoms with Crippen molar-refractivity contribution in [1.29, 1.82) is 0 Å². The predicted molar refractivity (Wildman–Crippen MR) is 72.0 cm³/mol. The van der Waals surface area contributed by atoms with Gasteiger partial charge in [-0.25, -0.2) is 0 Å². The molecule has 19 heavy (non-hydrogen) atoms. The lowest BCUT2D eigenvalue weighted by Crippen LogP contribution is -2.23. The van der Waals surface area contributed by atoms with Crippen molar-refractivity contribution in [1.82, 2.24) is 0 Å². The fourth-order valence-corrected chi connectivity index (χ4v) is 2.13. The molecule has 1 heterocycles. The van der Waals surface area contributed by atoms with Crippen LogP contribution in [0.25, 0.3) is 0 Å². The van der Waals surface area contributed by atoms with E-state index in [1.54, 1.807) is 14.2 Å². The number of benzene rings is 1. The molecule has 1 aromatic carbocycles. The summed E-state index contributed by atoms with van der Waals surface area (Å²) in [6.45, 7) is 1.09. The van der Waals surface area contributed by atoms with Gasteiger partial charge in [0.1, 0.15) is 23.9 Å². The average Bonchev–Trinajstić information content (AvgIpc) is 2.92. The topological polar surface area (TPSA) is 62.9 Å². The van der Waals surface area contributed by atoms with Crippen LogP contribution in [0, 0.1) is 0 Å². The summed E-state index contributed by atoms with van der Waals surface area (Å²) in [7, 11) is 3.23. The number of nitrogens with two attached hydrogens (primary N) is 1. The molecule has 2 atom stereocenters. The lowest BCUT2D eigenvalue weighted by atomic mass is 10.2. The van der Waals surface area contributed by atoms with Gasteiger partial charge in [-0.05, 0) is 12.8 Å². The standard InChI is InChI=1S/C14H21NO4/c1-16-12-5-13(17-2)7-14(6-12)18-9-11-4-3-10(8-15)19-11/h5-7,10-11H,3-4,8-9,15H2,1-2H3. The molecule has 5 heteroatoms. The fraction of sp³-hybridized carbons (Fsp3) is 0.571. The van der Waals surface area contributed by atoms with E-state index in [9.17, 15) is 0 Å². The first-order valence-electron chi connectivity index (χ1n) is 6.46. The SMILES string of the molecule is COc1cc(OC)cc(OCC2CCC(CN)O2)c1. The van der Waals surface area contributed by atoms with Crippen molar-refractivity contribution in [3.63, 3.8) is 0 Å². The van der Waals surface area contributed by atoms with Crippen molar-refractivity contribution in [2.45, 2.75) is 25.0 Å². The first-order valence-corrected chi connectivity index (χ1v) is 6.46. The predicted octanol–water partition coefficient (Wildman–Crippen LogP) is 1.59. The summed E-state index contributed by atoms with van der Waals surface area (Å²) in [4.78, 5) is 0. The van der Waals surface area contributed by atoms with Gasteiger partial charge in [-0.3, -0.25) is 0 Å². The van der Waals surface area contributed by atoms with Gasteiger partial charge >= 0.3 is 0 Å². The highest BCUT2D eigenvalue weighted by Gasteiger charge is 2.24. The van der Waals surface area contributed by atoms with Crippen molar-refractivity contribution in [3.8, 4) is 17.2 Å². The Labute approximate surface area is 113 Å². The zero-order valence-corrected chi connectivity index (χ0v) is 11.4. The van der Waals surface area contributed by atoms with Gasteiger partial charge in [0.2, 0.25) is 0 Å². The molecule has 0 aromatic heterocycles. The van der Waals surface area contributed by atoms with Crippen molar-refractivity contribution in [2.75, 3.05) is 27.4 Å². The molecule has 2 N–H and O–H groups in total. The van der Waals surface area contributed by atoms with Gasteiger partial charge in [0.25, 0.3) is 0 Å². The summed E-state index contributed by atoms with van der Waals surface area (Å²) in [5, 5.41) is 0. The van der Waals surface area contributed by atoms with Crippen LogP contribution >= 0.6 is 0 Å². The molecule has 1 aliphatic heterocycles. The van der Waals surface area contributed by atoms with Crippen LogP contribution in [0.5, 0.6) is 17.2 Å². The highest BCUT2D eigenvalue weighted by atomic mass is 16.5. The molecular formula is C14H21NO4. The average molecular weight is 267 g/mol. The summed E-state index contributed by atoms with van der Waals surface area (Å²) in [5.74, 6) is 2.14. The van der Waals surface area contributed by atoms with E-state index < -0.39 is 0 Å². The van der Waals surface area contributed by atoms with Crippen LogP contribution in [0.3, 0.4) is 0 Å². The van der Waals surface area contributed by atoms with Crippen LogP contribution in [0.1, 0.15) is 12.8 Å². The number of hydrogen-bond donors (Lipinski definition) is 1. The van der Waals surface area contributed by atoms with Crippen molar-refractivity contribution in [2.24, 2.45) is 5.73 Å². The van der Waals surface area contributed by atoms with E-state index in [4.69, 9.17) is 24.7 Å². The third-order valence-electron chi connectivity index (χ3n) is 3.22. The summed E-state index contributed by atoms with van der Waals surface area (Å²) < 4.78 is 21.9. The first-order chi connectivity index (χ1) is 9.25. The minimum atomic E-state index is 0.116. The molecule has 1 aromatic rings. The molecule has 1 saturated heterocycles. The third-order valence-corrected chi connectivity index (χ3v) is 3.22. The first kappa shape index (κ1) is 14.0. The Balaban J connectivity index is 1.92. The Kier molecular flexibility index (Phi) is 4.87. The quantitative estimate of drug-likeness (QED) is 0.848. The van der Waals surface area contributed by atoms with E-state index in [1.165, 1.54) is 0 Å². The van der Waals surface area contributed by atoms with Crippen LogP contribution in [-0.2, 0) is 4.74 Å². The molecule has 0 aliphatic carbocycles. The zero-order valence-electron chi connectivity index (χ0n) is 11.4. The Bertz CT molecular complexity index is 388. The zero-order chi connectivity index (χ0) is 13.7. The maximum absolute atomic E-state index is 5.74. The highest BCUT2D eigenvalue weighted by Crippen LogP contribution is 2.28. The second kappa shape index (κ2) is 6.63. The molecule has 0 radical (unpaired) electrons. The molecule has 0 saturated carbocycles. The van der Waals surface area contributed by atoms with Crippen LogP contribution in [0.2, 0.25) is 0 Å². The highest BCUT2D eigenvalue weighted by molar-refractivity contribution is 5.41. The largest absolute Gasteiger partial charge is 0.496 e. The van der Waals surface area contributed by atoms with Gasteiger partial charge in [-0.15, -0.1) is 0 Å². The van der Waals surface area contributed by atoms with Gasteiger partial charge < -0.3 is 24.7 Å².